The van der Waals surface area contributed by atoms with Gasteiger partial charge in [-0.3, -0.25) is 14.4 Å². The van der Waals surface area contributed by atoms with Gasteiger partial charge < -0.3 is 19.5 Å². The monoisotopic (exact) mass is 454 g/mol. The number of ketones is 1. The fourth-order valence-corrected chi connectivity index (χ4v) is 4.15. The van der Waals surface area contributed by atoms with Crippen LogP contribution in [0.4, 0.5) is 0 Å². The summed E-state index contributed by atoms with van der Waals surface area (Å²) in [6.45, 7) is 0.928. The van der Waals surface area contributed by atoms with Crippen molar-refractivity contribution in [1.82, 2.24) is 10.3 Å². The summed E-state index contributed by atoms with van der Waals surface area (Å²) in [5, 5.41) is 3.64. The average molecular weight is 455 g/mol. The highest BCUT2D eigenvalue weighted by Gasteiger charge is 2.16. The second-order valence-electron chi connectivity index (χ2n) is 7.12. The molecule has 32 heavy (non-hydrogen) atoms. The van der Waals surface area contributed by atoms with Crippen LogP contribution in [-0.4, -0.2) is 49.0 Å². The van der Waals surface area contributed by atoms with Crippen molar-refractivity contribution in [1.29, 1.82) is 0 Å². The molecule has 1 aliphatic rings. The van der Waals surface area contributed by atoms with Crippen LogP contribution >= 0.6 is 11.3 Å². The lowest BCUT2D eigenvalue weighted by Gasteiger charge is -2.18. The molecule has 166 valence electrons. The molecular weight excluding hydrogens is 432 g/mol. The number of rotatable bonds is 9. The fourth-order valence-electron chi connectivity index (χ4n) is 3.18. The molecule has 0 bridgehead atoms. The number of Topliss-reactive ketones (excluding diaryl/α,β-unsaturated/α-hetero) is 1. The van der Waals surface area contributed by atoms with Crippen LogP contribution in [-0.2, 0) is 20.7 Å². The topological polar surface area (TPSA) is 104 Å². The number of carbonyl (C=O) groups is 3. The van der Waals surface area contributed by atoms with Crippen LogP contribution in [0.5, 0.6) is 11.5 Å². The first-order chi connectivity index (χ1) is 15.6. The van der Waals surface area contributed by atoms with E-state index >= 15 is 0 Å². The molecule has 0 atom stereocenters. The molecule has 1 aromatic heterocycles. The van der Waals surface area contributed by atoms with Crippen LogP contribution in [0, 0.1) is 0 Å². The minimum absolute atomic E-state index is 0.0162. The predicted octanol–water partition coefficient (Wildman–Crippen LogP) is 2.93. The van der Waals surface area contributed by atoms with Crippen molar-refractivity contribution in [2.45, 2.75) is 19.3 Å². The number of nitrogens with zero attached hydrogens (tertiary/aromatic N) is 1. The second-order valence-corrected chi connectivity index (χ2v) is 8.23. The molecule has 0 fully saturated rings. The number of aromatic nitrogens is 1. The number of thiazole rings is 1. The minimum atomic E-state index is -0.600. The number of ether oxygens (including phenoxy) is 3. The van der Waals surface area contributed by atoms with Crippen LogP contribution < -0.4 is 14.8 Å². The standard InChI is InChI=1S/C23H22N2O6S/c26-17(15-5-7-18-19(13-15)30-12-11-29-18)6-8-23(28)31-14-21(27)24-10-9-22-25-16-3-1-2-4-20(16)32-22/h1-5,7,13H,6,8-12,14H2,(H,24,27). The maximum atomic E-state index is 12.3. The van der Waals surface area contributed by atoms with Crippen molar-refractivity contribution < 1.29 is 28.6 Å². The van der Waals surface area contributed by atoms with Crippen LogP contribution in [0.3, 0.4) is 0 Å². The van der Waals surface area contributed by atoms with Crippen molar-refractivity contribution in [2.75, 3.05) is 26.4 Å². The van der Waals surface area contributed by atoms with Gasteiger partial charge in [-0.25, -0.2) is 4.98 Å². The van der Waals surface area contributed by atoms with Gasteiger partial charge >= 0.3 is 5.97 Å². The molecule has 1 aliphatic heterocycles. The summed E-state index contributed by atoms with van der Waals surface area (Å²) in [6, 6.07) is 12.8. The average Bonchev–Trinajstić information content (AvgIpc) is 3.23. The van der Waals surface area contributed by atoms with Gasteiger partial charge in [0.15, 0.2) is 23.9 Å². The molecule has 1 N–H and O–H groups in total. The van der Waals surface area contributed by atoms with Crippen molar-refractivity contribution in [3.8, 4) is 11.5 Å². The van der Waals surface area contributed by atoms with Gasteiger partial charge in [-0.2, -0.15) is 0 Å². The second kappa shape index (κ2) is 10.2. The molecule has 3 aromatic rings. The lowest BCUT2D eigenvalue weighted by Crippen LogP contribution is -2.30. The highest BCUT2D eigenvalue weighted by Crippen LogP contribution is 2.31. The van der Waals surface area contributed by atoms with E-state index in [9.17, 15) is 14.4 Å². The molecule has 4 rings (SSSR count). The van der Waals surface area contributed by atoms with Crippen molar-refractivity contribution in [3.05, 3.63) is 53.0 Å². The third-order valence-electron chi connectivity index (χ3n) is 4.78. The number of amides is 1. The number of hydrogen-bond donors (Lipinski definition) is 1. The van der Waals surface area contributed by atoms with E-state index in [1.165, 1.54) is 0 Å². The number of fused-ring (bicyclic) bond motifs is 2. The summed E-state index contributed by atoms with van der Waals surface area (Å²) in [5.74, 6) is -0.0809. The minimum Gasteiger partial charge on any atom is -0.486 e. The summed E-state index contributed by atoms with van der Waals surface area (Å²) < 4.78 is 17.0. The Morgan fingerprint density at radius 3 is 2.69 bits per heavy atom. The maximum absolute atomic E-state index is 12.3. The van der Waals surface area contributed by atoms with E-state index in [0.29, 0.717) is 43.2 Å². The lowest BCUT2D eigenvalue weighted by molar-refractivity contribution is -0.148. The Morgan fingerprint density at radius 2 is 1.84 bits per heavy atom. The molecule has 0 saturated heterocycles. The number of benzene rings is 2. The number of carbonyl (C=O) groups excluding carboxylic acids is 3. The van der Waals surface area contributed by atoms with E-state index in [1.807, 2.05) is 24.3 Å². The Hall–Kier alpha value is -3.46. The Labute approximate surface area is 188 Å². The van der Waals surface area contributed by atoms with E-state index in [2.05, 4.69) is 10.3 Å². The van der Waals surface area contributed by atoms with Gasteiger partial charge in [-0.05, 0) is 30.3 Å². The van der Waals surface area contributed by atoms with Gasteiger partial charge in [0.05, 0.1) is 21.6 Å². The Kier molecular flexibility index (Phi) is 6.96. The third-order valence-corrected chi connectivity index (χ3v) is 5.88. The molecule has 9 heteroatoms. The molecule has 2 aromatic carbocycles. The van der Waals surface area contributed by atoms with Gasteiger partial charge in [0.2, 0.25) is 0 Å². The lowest BCUT2D eigenvalue weighted by atomic mass is 10.1. The van der Waals surface area contributed by atoms with Crippen molar-refractivity contribution >= 4 is 39.2 Å². The highest BCUT2D eigenvalue weighted by molar-refractivity contribution is 7.18. The molecule has 1 amide bonds. The van der Waals surface area contributed by atoms with Crippen LogP contribution in [0.1, 0.15) is 28.2 Å². The van der Waals surface area contributed by atoms with E-state index in [4.69, 9.17) is 14.2 Å². The molecule has 0 spiro atoms. The fraction of sp³-hybridized carbons (Fsp3) is 0.304. The van der Waals surface area contributed by atoms with Crippen LogP contribution in [0.25, 0.3) is 10.2 Å². The van der Waals surface area contributed by atoms with Crippen molar-refractivity contribution in [3.63, 3.8) is 0 Å². The van der Waals surface area contributed by atoms with Crippen molar-refractivity contribution in [2.24, 2.45) is 0 Å². The predicted molar refractivity (Wildman–Crippen MR) is 118 cm³/mol. The SMILES string of the molecule is O=C(COC(=O)CCC(=O)c1ccc2c(c1)OCCO2)NCCc1nc2ccccc2s1. The Balaban J connectivity index is 1.14. The first-order valence-electron chi connectivity index (χ1n) is 10.3. The quantitative estimate of drug-likeness (QED) is 0.392. The van der Waals surface area contributed by atoms with Gasteiger partial charge in [0.25, 0.3) is 5.91 Å². The number of hydrogen-bond acceptors (Lipinski definition) is 8. The first-order valence-corrected chi connectivity index (χ1v) is 11.1. The third kappa shape index (κ3) is 5.61. The first kappa shape index (κ1) is 21.8. The Bertz CT molecular complexity index is 1110. The van der Waals surface area contributed by atoms with Crippen LogP contribution in [0.2, 0.25) is 0 Å². The summed E-state index contributed by atoms with van der Waals surface area (Å²) in [4.78, 5) is 40.6. The molecule has 0 unspecified atom stereocenters. The molecule has 0 saturated carbocycles. The van der Waals surface area contributed by atoms with E-state index < -0.39 is 11.9 Å². The summed E-state index contributed by atoms with van der Waals surface area (Å²) in [7, 11) is 0. The molecule has 0 radical (unpaired) electrons. The maximum Gasteiger partial charge on any atom is 0.306 e. The number of nitrogens with one attached hydrogen (secondary N) is 1. The number of esters is 1. The molecule has 2 heterocycles. The van der Waals surface area contributed by atoms with Gasteiger partial charge in [-0.1, -0.05) is 12.1 Å². The van der Waals surface area contributed by atoms with Gasteiger partial charge in [-0.15, -0.1) is 11.3 Å². The Morgan fingerprint density at radius 1 is 1.03 bits per heavy atom. The molecular formula is C23H22N2O6S. The van der Waals surface area contributed by atoms with Crippen LogP contribution in [0.15, 0.2) is 42.5 Å². The van der Waals surface area contributed by atoms with E-state index in [1.54, 1.807) is 29.5 Å². The van der Waals surface area contributed by atoms with Gasteiger partial charge in [0.1, 0.15) is 13.2 Å². The number of para-hydroxylation sites is 1. The van der Waals surface area contributed by atoms with E-state index in [0.717, 1.165) is 15.2 Å². The highest BCUT2D eigenvalue weighted by atomic mass is 32.1. The molecule has 0 aliphatic carbocycles. The largest absolute Gasteiger partial charge is 0.486 e. The zero-order chi connectivity index (χ0) is 22.3. The summed E-state index contributed by atoms with van der Waals surface area (Å²) in [5.41, 5.74) is 1.38. The summed E-state index contributed by atoms with van der Waals surface area (Å²) >= 11 is 1.59. The molecule has 8 nitrogen and oxygen atoms in total. The smallest absolute Gasteiger partial charge is 0.306 e. The van der Waals surface area contributed by atoms with E-state index in [-0.39, 0.29) is 25.2 Å². The zero-order valence-electron chi connectivity index (χ0n) is 17.3. The summed E-state index contributed by atoms with van der Waals surface area (Å²) in [6.07, 6.45) is 0.479. The normalized spacial score (nSPS) is 12.4. The van der Waals surface area contributed by atoms with Gasteiger partial charge in [0, 0.05) is 24.9 Å². The zero-order valence-corrected chi connectivity index (χ0v) is 18.1.